The molecule has 18 heavy (non-hydrogen) atoms. The Bertz CT molecular complexity index is 560. The Balaban J connectivity index is 2.04. The van der Waals surface area contributed by atoms with Crippen LogP contribution in [0.3, 0.4) is 0 Å². The number of hydrogen-bond acceptors (Lipinski definition) is 5. The lowest BCUT2D eigenvalue weighted by Crippen LogP contribution is -2.01. The first-order valence-electron chi connectivity index (χ1n) is 5.43. The van der Waals surface area contributed by atoms with Crippen molar-refractivity contribution in [2.45, 2.75) is 20.4 Å². The van der Waals surface area contributed by atoms with Crippen LogP contribution in [0.25, 0.3) is 0 Å². The largest absolute Gasteiger partial charge is 0.478 e. The smallest absolute Gasteiger partial charge is 0.339 e. The first kappa shape index (κ1) is 12.1. The molecule has 0 atom stereocenters. The molecule has 0 aliphatic carbocycles. The summed E-state index contributed by atoms with van der Waals surface area (Å²) in [6, 6.07) is 5.15. The van der Waals surface area contributed by atoms with Crippen LogP contribution in [0, 0.1) is 13.8 Å². The van der Waals surface area contributed by atoms with Gasteiger partial charge in [0.15, 0.2) is 0 Å². The minimum absolute atomic E-state index is 0.182. The summed E-state index contributed by atoms with van der Waals surface area (Å²) in [6.07, 6.45) is 0. The normalized spacial score (nSPS) is 10.3. The average Bonchev–Trinajstić information content (AvgIpc) is 2.70. The van der Waals surface area contributed by atoms with E-state index in [0.717, 1.165) is 5.69 Å². The lowest BCUT2D eigenvalue weighted by molar-refractivity contribution is 0.0695. The zero-order chi connectivity index (χ0) is 13.1. The number of furan rings is 1. The zero-order valence-corrected chi connectivity index (χ0v) is 10.1. The molecule has 6 nitrogen and oxygen atoms in total. The number of nitrogens with zero attached hydrogens (tertiary/aromatic N) is 2. The number of anilines is 1. The van der Waals surface area contributed by atoms with Gasteiger partial charge in [-0.15, -0.1) is 5.10 Å². The molecule has 0 aliphatic heterocycles. The van der Waals surface area contributed by atoms with Crippen molar-refractivity contribution in [3.8, 4) is 0 Å². The predicted octanol–water partition coefficient (Wildman–Crippen LogP) is 2.00. The Morgan fingerprint density at radius 2 is 2.17 bits per heavy atom. The second kappa shape index (κ2) is 4.87. The quantitative estimate of drug-likeness (QED) is 0.859. The highest BCUT2D eigenvalue weighted by Crippen LogP contribution is 2.15. The third-order valence-electron chi connectivity index (χ3n) is 2.44. The standard InChI is InChI=1S/C12H13N3O3/c1-7-3-4-11(15-14-7)13-6-9-5-10(12(16)17)8(2)18-9/h3-5H,6H2,1-2H3,(H,13,15)(H,16,17). The summed E-state index contributed by atoms with van der Waals surface area (Å²) in [4.78, 5) is 10.8. The van der Waals surface area contributed by atoms with E-state index in [1.807, 2.05) is 13.0 Å². The summed E-state index contributed by atoms with van der Waals surface area (Å²) in [7, 11) is 0. The molecule has 2 N–H and O–H groups in total. The summed E-state index contributed by atoms with van der Waals surface area (Å²) in [5, 5.41) is 19.7. The van der Waals surface area contributed by atoms with E-state index >= 15 is 0 Å². The minimum atomic E-state index is -0.988. The molecule has 0 unspecified atom stereocenters. The molecule has 2 aromatic heterocycles. The highest BCUT2D eigenvalue weighted by atomic mass is 16.4. The Morgan fingerprint density at radius 1 is 1.39 bits per heavy atom. The molecule has 0 bridgehead atoms. The maximum atomic E-state index is 10.8. The fraction of sp³-hybridized carbons (Fsp3) is 0.250. The van der Waals surface area contributed by atoms with Crippen molar-refractivity contribution in [2.75, 3.05) is 5.32 Å². The van der Waals surface area contributed by atoms with Crippen molar-refractivity contribution in [3.05, 3.63) is 41.0 Å². The lowest BCUT2D eigenvalue weighted by Gasteiger charge is -2.01. The average molecular weight is 247 g/mol. The van der Waals surface area contributed by atoms with E-state index in [1.54, 1.807) is 13.0 Å². The molecule has 0 amide bonds. The number of carboxylic acids is 1. The number of rotatable bonds is 4. The van der Waals surface area contributed by atoms with Crippen LogP contribution in [0.2, 0.25) is 0 Å². The Hall–Kier alpha value is -2.37. The highest BCUT2D eigenvalue weighted by molar-refractivity contribution is 5.88. The molecule has 2 rings (SSSR count). The molecule has 0 saturated carbocycles. The van der Waals surface area contributed by atoms with Gasteiger partial charge in [-0.05, 0) is 32.0 Å². The van der Waals surface area contributed by atoms with E-state index in [-0.39, 0.29) is 5.56 Å². The van der Waals surface area contributed by atoms with Crippen LogP contribution >= 0.6 is 0 Å². The molecule has 0 radical (unpaired) electrons. The molecular formula is C12H13N3O3. The molecule has 0 saturated heterocycles. The van der Waals surface area contributed by atoms with Gasteiger partial charge in [-0.3, -0.25) is 0 Å². The molecular weight excluding hydrogens is 234 g/mol. The number of nitrogens with one attached hydrogen (secondary N) is 1. The highest BCUT2D eigenvalue weighted by Gasteiger charge is 2.13. The third kappa shape index (κ3) is 2.65. The Morgan fingerprint density at radius 3 is 2.72 bits per heavy atom. The van der Waals surface area contributed by atoms with Gasteiger partial charge in [0, 0.05) is 0 Å². The van der Waals surface area contributed by atoms with Gasteiger partial charge in [-0.2, -0.15) is 5.10 Å². The number of carboxylic acid groups (broad SMARTS) is 1. The van der Waals surface area contributed by atoms with E-state index in [9.17, 15) is 4.79 Å². The number of aromatic carboxylic acids is 1. The molecule has 0 aliphatic rings. The molecule has 94 valence electrons. The van der Waals surface area contributed by atoms with Crippen LogP contribution in [-0.4, -0.2) is 21.3 Å². The van der Waals surface area contributed by atoms with Crippen LogP contribution in [-0.2, 0) is 6.54 Å². The molecule has 6 heteroatoms. The first-order chi connectivity index (χ1) is 8.56. The summed E-state index contributed by atoms with van der Waals surface area (Å²) in [5.41, 5.74) is 1.02. The molecule has 2 aromatic rings. The predicted molar refractivity (Wildman–Crippen MR) is 64.5 cm³/mol. The van der Waals surface area contributed by atoms with E-state index in [1.165, 1.54) is 6.07 Å². The topological polar surface area (TPSA) is 88.2 Å². The second-order valence-corrected chi connectivity index (χ2v) is 3.90. The van der Waals surface area contributed by atoms with Crippen molar-refractivity contribution < 1.29 is 14.3 Å². The molecule has 2 heterocycles. The second-order valence-electron chi connectivity index (χ2n) is 3.90. The fourth-order valence-corrected chi connectivity index (χ4v) is 1.51. The van der Waals surface area contributed by atoms with Crippen LogP contribution in [0.1, 0.15) is 27.6 Å². The summed E-state index contributed by atoms with van der Waals surface area (Å²) >= 11 is 0. The third-order valence-corrected chi connectivity index (χ3v) is 2.44. The number of carbonyl (C=O) groups is 1. The first-order valence-corrected chi connectivity index (χ1v) is 5.43. The monoisotopic (exact) mass is 247 g/mol. The van der Waals surface area contributed by atoms with E-state index in [4.69, 9.17) is 9.52 Å². The van der Waals surface area contributed by atoms with Gasteiger partial charge in [0.25, 0.3) is 0 Å². The van der Waals surface area contributed by atoms with Gasteiger partial charge in [0.1, 0.15) is 22.9 Å². The molecule has 0 fully saturated rings. The van der Waals surface area contributed by atoms with Gasteiger partial charge in [0.05, 0.1) is 12.2 Å². The maximum Gasteiger partial charge on any atom is 0.339 e. The fourth-order valence-electron chi connectivity index (χ4n) is 1.51. The SMILES string of the molecule is Cc1ccc(NCc2cc(C(=O)O)c(C)o2)nn1. The number of hydrogen-bond donors (Lipinski definition) is 2. The van der Waals surface area contributed by atoms with Gasteiger partial charge in [-0.1, -0.05) is 0 Å². The van der Waals surface area contributed by atoms with Crippen LogP contribution in [0.15, 0.2) is 22.6 Å². The minimum Gasteiger partial charge on any atom is -0.478 e. The van der Waals surface area contributed by atoms with Crippen molar-refractivity contribution >= 4 is 11.8 Å². The van der Waals surface area contributed by atoms with Crippen molar-refractivity contribution in [1.29, 1.82) is 0 Å². The van der Waals surface area contributed by atoms with E-state index in [0.29, 0.717) is 23.9 Å². The zero-order valence-electron chi connectivity index (χ0n) is 10.1. The van der Waals surface area contributed by atoms with Gasteiger partial charge in [0.2, 0.25) is 0 Å². The van der Waals surface area contributed by atoms with Gasteiger partial charge in [-0.25, -0.2) is 4.79 Å². The Labute approximate surface area is 104 Å². The summed E-state index contributed by atoms with van der Waals surface area (Å²) in [5.74, 6) is 0.575. The number of aryl methyl sites for hydroxylation is 2. The summed E-state index contributed by atoms with van der Waals surface area (Å²) < 4.78 is 5.33. The Kier molecular flexibility index (Phi) is 3.27. The van der Waals surface area contributed by atoms with E-state index in [2.05, 4.69) is 15.5 Å². The van der Waals surface area contributed by atoms with E-state index < -0.39 is 5.97 Å². The van der Waals surface area contributed by atoms with Gasteiger partial charge < -0.3 is 14.8 Å². The van der Waals surface area contributed by atoms with Gasteiger partial charge >= 0.3 is 5.97 Å². The van der Waals surface area contributed by atoms with Crippen molar-refractivity contribution in [2.24, 2.45) is 0 Å². The van der Waals surface area contributed by atoms with Crippen LogP contribution in [0.4, 0.5) is 5.82 Å². The molecule has 0 spiro atoms. The summed E-state index contributed by atoms with van der Waals surface area (Å²) in [6.45, 7) is 3.84. The maximum absolute atomic E-state index is 10.8. The van der Waals surface area contributed by atoms with Crippen LogP contribution < -0.4 is 5.32 Å². The van der Waals surface area contributed by atoms with Crippen LogP contribution in [0.5, 0.6) is 0 Å². The lowest BCUT2D eigenvalue weighted by atomic mass is 10.2. The van der Waals surface area contributed by atoms with Crippen molar-refractivity contribution in [1.82, 2.24) is 10.2 Å². The molecule has 0 aromatic carbocycles. The van der Waals surface area contributed by atoms with Crippen molar-refractivity contribution in [3.63, 3.8) is 0 Å². The number of aromatic nitrogens is 2.